The average molecular weight is 208 g/mol. The van der Waals surface area contributed by atoms with Crippen molar-refractivity contribution < 1.29 is 9.50 Å². The molecule has 0 unspecified atom stereocenters. The van der Waals surface area contributed by atoms with Crippen LogP contribution in [0.2, 0.25) is 0 Å². The maximum Gasteiger partial charge on any atom is 0.123 e. The first-order chi connectivity index (χ1) is 6.93. The van der Waals surface area contributed by atoms with E-state index in [0.29, 0.717) is 0 Å². The first-order valence-electron chi connectivity index (χ1n) is 5.03. The molecular formula is C13H17FO. The van der Waals surface area contributed by atoms with Crippen molar-refractivity contribution >= 4 is 0 Å². The molecular weight excluding hydrogens is 191 g/mol. The van der Waals surface area contributed by atoms with Gasteiger partial charge in [0.2, 0.25) is 0 Å². The minimum Gasteiger partial charge on any atom is -0.392 e. The summed E-state index contributed by atoms with van der Waals surface area (Å²) in [5, 5.41) is 9.68. The van der Waals surface area contributed by atoms with Gasteiger partial charge in [-0.1, -0.05) is 18.2 Å². The Morgan fingerprint density at radius 3 is 2.47 bits per heavy atom. The topological polar surface area (TPSA) is 20.2 Å². The second-order valence-electron chi connectivity index (χ2n) is 4.07. The molecule has 0 amide bonds. The number of benzene rings is 1. The van der Waals surface area contributed by atoms with Crippen molar-refractivity contribution in [2.24, 2.45) is 0 Å². The van der Waals surface area contributed by atoms with Crippen molar-refractivity contribution in [3.05, 3.63) is 47.3 Å². The van der Waals surface area contributed by atoms with Gasteiger partial charge in [-0.15, -0.1) is 0 Å². The lowest BCUT2D eigenvalue weighted by molar-refractivity contribution is 0.175. The molecule has 0 heterocycles. The summed E-state index contributed by atoms with van der Waals surface area (Å²) in [5.41, 5.74) is 2.68. The molecule has 0 saturated heterocycles. The first-order valence-corrected chi connectivity index (χ1v) is 5.03. The summed E-state index contributed by atoms with van der Waals surface area (Å²) in [7, 11) is 0. The van der Waals surface area contributed by atoms with E-state index in [4.69, 9.17) is 0 Å². The fourth-order valence-corrected chi connectivity index (χ4v) is 1.93. The van der Waals surface area contributed by atoms with Crippen molar-refractivity contribution in [3.63, 3.8) is 0 Å². The van der Waals surface area contributed by atoms with E-state index in [1.165, 1.54) is 12.1 Å². The number of aliphatic hydroxyl groups excluding tert-OH is 1. The zero-order chi connectivity index (χ0) is 11.6. The molecule has 0 aliphatic heterocycles. The summed E-state index contributed by atoms with van der Waals surface area (Å²) in [4.78, 5) is 0. The van der Waals surface area contributed by atoms with Crippen LogP contribution in [0.3, 0.4) is 0 Å². The van der Waals surface area contributed by atoms with E-state index in [9.17, 15) is 9.50 Å². The minimum atomic E-state index is -0.508. The lowest BCUT2D eigenvalue weighted by Crippen LogP contribution is -2.16. The van der Waals surface area contributed by atoms with Crippen molar-refractivity contribution in [1.29, 1.82) is 0 Å². The number of hydrogen-bond acceptors (Lipinski definition) is 1. The molecule has 0 aliphatic carbocycles. The Balaban J connectivity index is 3.17. The summed E-state index contributed by atoms with van der Waals surface area (Å²) in [6.45, 7) is 9.31. The standard InChI is InChI=1S/C13H17FO/c1-8(2)13(10(4)15)12-6-5-11(14)7-9(12)3/h5-7,10,13,15H,1H2,2-4H3/t10-,13-/m1/s1. The van der Waals surface area contributed by atoms with Gasteiger partial charge in [-0.2, -0.15) is 0 Å². The predicted molar refractivity (Wildman–Crippen MR) is 60.4 cm³/mol. The molecule has 0 spiro atoms. The first kappa shape index (κ1) is 11.9. The van der Waals surface area contributed by atoms with Crippen molar-refractivity contribution in [2.75, 3.05) is 0 Å². The molecule has 0 aliphatic rings. The van der Waals surface area contributed by atoms with Gasteiger partial charge in [0.05, 0.1) is 6.10 Å². The Hall–Kier alpha value is -1.15. The van der Waals surface area contributed by atoms with Gasteiger partial charge in [0, 0.05) is 5.92 Å². The number of halogens is 1. The Labute approximate surface area is 90.3 Å². The summed E-state index contributed by atoms with van der Waals surface area (Å²) in [5.74, 6) is -0.368. The highest BCUT2D eigenvalue weighted by Gasteiger charge is 2.19. The molecule has 2 heteroatoms. The molecule has 82 valence electrons. The second-order valence-corrected chi connectivity index (χ2v) is 4.07. The zero-order valence-electron chi connectivity index (χ0n) is 9.42. The molecule has 0 bridgehead atoms. The third-order valence-electron chi connectivity index (χ3n) is 2.58. The monoisotopic (exact) mass is 208 g/mol. The van der Waals surface area contributed by atoms with E-state index in [1.807, 2.05) is 13.8 Å². The summed E-state index contributed by atoms with van der Waals surface area (Å²) >= 11 is 0. The lowest BCUT2D eigenvalue weighted by Gasteiger charge is -2.22. The van der Waals surface area contributed by atoms with E-state index in [2.05, 4.69) is 6.58 Å². The van der Waals surface area contributed by atoms with Gasteiger partial charge < -0.3 is 5.11 Å². The molecule has 2 atom stereocenters. The van der Waals surface area contributed by atoms with Crippen LogP contribution >= 0.6 is 0 Å². The number of rotatable bonds is 3. The van der Waals surface area contributed by atoms with Crippen LogP contribution in [0.4, 0.5) is 4.39 Å². The van der Waals surface area contributed by atoms with Crippen LogP contribution in [0, 0.1) is 12.7 Å². The summed E-state index contributed by atoms with van der Waals surface area (Å²) in [6, 6.07) is 4.62. The fraction of sp³-hybridized carbons (Fsp3) is 0.385. The predicted octanol–water partition coefficient (Wildman–Crippen LogP) is 3.17. The van der Waals surface area contributed by atoms with Crippen LogP contribution in [-0.2, 0) is 0 Å². The van der Waals surface area contributed by atoms with Gasteiger partial charge in [0.15, 0.2) is 0 Å². The van der Waals surface area contributed by atoms with Crippen LogP contribution in [0.25, 0.3) is 0 Å². The SMILES string of the molecule is C=C(C)[C@@H](c1ccc(F)cc1C)[C@@H](C)O. The number of aryl methyl sites for hydroxylation is 1. The quantitative estimate of drug-likeness (QED) is 0.756. The fourth-order valence-electron chi connectivity index (χ4n) is 1.93. The maximum atomic E-state index is 12.9. The lowest BCUT2D eigenvalue weighted by atomic mass is 9.86. The van der Waals surface area contributed by atoms with E-state index in [0.717, 1.165) is 16.7 Å². The van der Waals surface area contributed by atoms with Crippen molar-refractivity contribution in [1.82, 2.24) is 0 Å². The van der Waals surface area contributed by atoms with Gasteiger partial charge in [-0.05, 0) is 44.0 Å². The Morgan fingerprint density at radius 2 is 2.07 bits per heavy atom. The van der Waals surface area contributed by atoms with Gasteiger partial charge in [-0.25, -0.2) is 4.39 Å². The zero-order valence-corrected chi connectivity index (χ0v) is 9.42. The smallest absolute Gasteiger partial charge is 0.123 e. The highest BCUT2D eigenvalue weighted by molar-refractivity contribution is 5.35. The minimum absolute atomic E-state index is 0.120. The van der Waals surface area contributed by atoms with E-state index in [1.54, 1.807) is 13.0 Å². The third-order valence-corrected chi connectivity index (χ3v) is 2.58. The average Bonchev–Trinajstić information content (AvgIpc) is 2.08. The largest absolute Gasteiger partial charge is 0.392 e. The Morgan fingerprint density at radius 1 is 1.47 bits per heavy atom. The highest BCUT2D eigenvalue weighted by atomic mass is 19.1. The van der Waals surface area contributed by atoms with Gasteiger partial charge in [0.1, 0.15) is 5.82 Å². The second kappa shape index (κ2) is 4.58. The molecule has 0 radical (unpaired) electrons. The Bertz CT molecular complexity index is 369. The van der Waals surface area contributed by atoms with Gasteiger partial charge >= 0.3 is 0 Å². The molecule has 0 saturated carbocycles. The molecule has 1 aromatic rings. The maximum absolute atomic E-state index is 12.9. The summed E-state index contributed by atoms with van der Waals surface area (Å²) in [6.07, 6.45) is -0.508. The Kier molecular flexibility index (Phi) is 3.64. The van der Waals surface area contributed by atoms with Crippen LogP contribution < -0.4 is 0 Å². The summed E-state index contributed by atoms with van der Waals surface area (Å²) < 4.78 is 12.9. The van der Waals surface area contributed by atoms with Crippen LogP contribution in [-0.4, -0.2) is 11.2 Å². The normalized spacial score (nSPS) is 14.7. The van der Waals surface area contributed by atoms with Gasteiger partial charge in [0.25, 0.3) is 0 Å². The van der Waals surface area contributed by atoms with E-state index in [-0.39, 0.29) is 11.7 Å². The molecule has 1 nitrogen and oxygen atoms in total. The molecule has 1 aromatic carbocycles. The molecule has 0 aromatic heterocycles. The number of aliphatic hydroxyl groups is 1. The highest BCUT2D eigenvalue weighted by Crippen LogP contribution is 2.29. The van der Waals surface area contributed by atoms with Crippen LogP contribution in [0.1, 0.15) is 30.9 Å². The van der Waals surface area contributed by atoms with Crippen LogP contribution in [0.15, 0.2) is 30.4 Å². The third kappa shape index (κ3) is 2.66. The van der Waals surface area contributed by atoms with E-state index < -0.39 is 6.10 Å². The van der Waals surface area contributed by atoms with Crippen molar-refractivity contribution in [2.45, 2.75) is 32.8 Å². The number of hydrogen-bond donors (Lipinski definition) is 1. The van der Waals surface area contributed by atoms with Crippen molar-refractivity contribution in [3.8, 4) is 0 Å². The van der Waals surface area contributed by atoms with E-state index >= 15 is 0 Å². The van der Waals surface area contributed by atoms with Crippen LogP contribution in [0.5, 0.6) is 0 Å². The van der Waals surface area contributed by atoms with Gasteiger partial charge in [-0.3, -0.25) is 0 Å². The molecule has 1 N–H and O–H groups in total. The molecule has 1 rings (SSSR count). The molecule has 15 heavy (non-hydrogen) atoms. The molecule has 0 fully saturated rings.